The number of aromatic nitrogens is 2. The number of benzene rings is 1. The molecule has 2 amide bonds. The van der Waals surface area contributed by atoms with Gasteiger partial charge in [0.2, 0.25) is 5.95 Å². The summed E-state index contributed by atoms with van der Waals surface area (Å²) >= 11 is 0. The first-order valence-electron chi connectivity index (χ1n) is 11.2. The van der Waals surface area contributed by atoms with Crippen LogP contribution in [0.5, 0.6) is 0 Å². The second-order valence-corrected chi connectivity index (χ2v) is 8.52. The predicted octanol–water partition coefficient (Wildman–Crippen LogP) is 2.27. The van der Waals surface area contributed by atoms with Crippen molar-refractivity contribution in [2.45, 2.75) is 25.1 Å². The minimum atomic E-state index is -1.11. The number of hydrogen-bond donors (Lipinski definition) is 1. The Morgan fingerprint density at radius 1 is 1.03 bits per heavy atom. The minimum Gasteiger partial charge on any atom is -0.372 e. The number of piperazine rings is 1. The van der Waals surface area contributed by atoms with Crippen molar-refractivity contribution in [3.8, 4) is 0 Å². The van der Waals surface area contributed by atoms with Gasteiger partial charge in [-0.25, -0.2) is 32.9 Å². The number of carbonyl (C=O) groups is 1. The van der Waals surface area contributed by atoms with Gasteiger partial charge in [-0.05, 0) is 24.1 Å². The number of halogens is 3. The van der Waals surface area contributed by atoms with Crippen molar-refractivity contribution in [1.29, 1.82) is 0 Å². The molecule has 1 aromatic carbocycles. The summed E-state index contributed by atoms with van der Waals surface area (Å²) in [6.07, 6.45) is 2.80. The van der Waals surface area contributed by atoms with Crippen LogP contribution < -0.4 is 4.90 Å². The zero-order chi connectivity index (χ0) is 23.8. The molecule has 9 nitrogen and oxygen atoms in total. The lowest BCUT2D eigenvalue weighted by molar-refractivity contribution is -0.0416. The van der Waals surface area contributed by atoms with E-state index in [4.69, 9.17) is 0 Å². The molecule has 2 atom stereocenters. The quantitative estimate of drug-likeness (QED) is 0.730. The summed E-state index contributed by atoms with van der Waals surface area (Å²) in [4.78, 5) is 26.6. The van der Waals surface area contributed by atoms with Gasteiger partial charge in [0.05, 0.1) is 12.2 Å². The molecule has 4 heterocycles. The number of aliphatic hydroxyl groups excluding tert-OH is 1. The SMILES string of the molecule is O=C(N1CCN(c2ncc(F)c(C(O)N3CCC3)n2)CC1)N1N=CC[C@H]1c1cc(F)cc(F)c1. The van der Waals surface area contributed by atoms with Gasteiger partial charge in [0.1, 0.15) is 17.3 Å². The number of nitrogens with zero attached hydrogens (tertiary/aromatic N) is 7. The Bertz CT molecular complexity index is 1090. The highest BCUT2D eigenvalue weighted by atomic mass is 19.1. The Morgan fingerprint density at radius 3 is 2.38 bits per heavy atom. The summed E-state index contributed by atoms with van der Waals surface area (Å²) in [5.41, 5.74) is 0.287. The normalized spacial score (nSPS) is 21.6. The van der Waals surface area contributed by atoms with Gasteiger partial charge < -0.3 is 14.9 Å². The number of hydrazone groups is 1. The minimum absolute atomic E-state index is 0.0558. The highest BCUT2D eigenvalue weighted by molar-refractivity contribution is 5.78. The van der Waals surface area contributed by atoms with Crippen LogP contribution in [0.4, 0.5) is 23.9 Å². The fourth-order valence-electron chi connectivity index (χ4n) is 4.35. The van der Waals surface area contributed by atoms with E-state index in [1.807, 2.05) is 4.90 Å². The van der Waals surface area contributed by atoms with Gasteiger partial charge in [-0.1, -0.05) is 0 Å². The van der Waals surface area contributed by atoms with Gasteiger partial charge in [0.25, 0.3) is 0 Å². The highest BCUT2D eigenvalue weighted by Gasteiger charge is 2.34. The van der Waals surface area contributed by atoms with Gasteiger partial charge in [0.15, 0.2) is 12.0 Å². The zero-order valence-corrected chi connectivity index (χ0v) is 18.3. The molecule has 2 saturated heterocycles. The number of anilines is 1. The fourth-order valence-corrected chi connectivity index (χ4v) is 4.35. The molecule has 2 aromatic rings. The average molecular weight is 475 g/mol. The summed E-state index contributed by atoms with van der Waals surface area (Å²) in [5.74, 6) is -1.79. The van der Waals surface area contributed by atoms with Crippen molar-refractivity contribution in [3.63, 3.8) is 0 Å². The van der Waals surface area contributed by atoms with Crippen molar-refractivity contribution in [1.82, 2.24) is 24.8 Å². The van der Waals surface area contributed by atoms with E-state index in [0.29, 0.717) is 51.3 Å². The number of urea groups is 1. The molecule has 0 radical (unpaired) electrons. The number of amides is 2. The Labute approximate surface area is 194 Å². The highest BCUT2D eigenvalue weighted by Crippen LogP contribution is 2.31. The molecule has 3 aliphatic heterocycles. The molecule has 2 fully saturated rings. The van der Waals surface area contributed by atoms with E-state index < -0.39 is 29.7 Å². The van der Waals surface area contributed by atoms with Crippen LogP contribution in [0.25, 0.3) is 0 Å². The van der Waals surface area contributed by atoms with Gasteiger partial charge in [-0.3, -0.25) is 4.90 Å². The van der Waals surface area contributed by atoms with Crippen LogP contribution in [-0.2, 0) is 0 Å². The molecular weight excluding hydrogens is 451 g/mol. The van der Waals surface area contributed by atoms with Crippen molar-refractivity contribution in [3.05, 3.63) is 53.1 Å². The number of likely N-dealkylation sites (tertiary alicyclic amines) is 1. The van der Waals surface area contributed by atoms with Crippen molar-refractivity contribution < 1.29 is 23.1 Å². The second-order valence-electron chi connectivity index (χ2n) is 8.52. The molecule has 180 valence electrons. The first kappa shape index (κ1) is 22.5. The van der Waals surface area contributed by atoms with Crippen LogP contribution in [0.1, 0.15) is 36.4 Å². The van der Waals surface area contributed by atoms with Crippen molar-refractivity contribution >= 4 is 18.2 Å². The van der Waals surface area contributed by atoms with Crippen molar-refractivity contribution in [2.75, 3.05) is 44.2 Å². The number of carbonyl (C=O) groups excluding carboxylic acids is 1. The standard InChI is InChI=1S/C22H24F3N7O2/c23-15-10-14(11-16(24)12-15)18-2-3-27-32(18)22(34)31-8-6-30(7-9-31)21-26-13-17(25)19(28-21)20(33)29-4-1-5-29/h3,10-13,18,20,33H,1-2,4-9H2/t18-,20?/m0/s1. The van der Waals surface area contributed by atoms with E-state index in [1.165, 1.54) is 17.1 Å². The van der Waals surface area contributed by atoms with E-state index in [0.717, 1.165) is 18.7 Å². The van der Waals surface area contributed by atoms with Crippen LogP contribution in [0.15, 0.2) is 29.5 Å². The molecule has 1 unspecified atom stereocenters. The lowest BCUT2D eigenvalue weighted by Crippen LogP contribution is -2.52. The molecule has 0 spiro atoms. The summed E-state index contributed by atoms with van der Waals surface area (Å²) in [6.45, 7) is 2.83. The smallest absolute Gasteiger partial charge is 0.341 e. The third-order valence-corrected chi connectivity index (χ3v) is 6.37. The summed E-state index contributed by atoms with van der Waals surface area (Å²) in [5, 5.41) is 15.8. The van der Waals surface area contributed by atoms with E-state index in [2.05, 4.69) is 15.1 Å². The van der Waals surface area contributed by atoms with Crippen LogP contribution in [0, 0.1) is 17.5 Å². The molecule has 12 heteroatoms. The summed E-state index contributed by atoms with van der Waals surface area (Å²) < 4.78 is 41.6. The molecule has 5 rings (SSSR count). The van der Waals surface area contributed by atoms with Crippen LogP contribution >= 0.6 is 0 Å². The lowest BCUT2D eigenvalue weighted by atomic mass is 10.0. The number of rotatable bonds is 4. The van der Waals surface area contributed by atoms with E-state index in [9.17, 15) is 23.1 Å². The molecule has 3 aliphatic rings. The maximum atomic E-state index is 14.2. The third-order valence-electron chi connectivity index (χ3n) is 6.37. The Hall–Kier alpha value is -3.25. The molecule has 1 N–H and O–H groups in total. The second kappa shape index (κ2) is 9.18. The van der Waals surface area contributed by atoms with E-state index in [-0.39, 0.29) is 17.7 Å². The van der Waals surface area contributed by atoms with Crippen LogP contribution in [0.2, 0.25) is 0 Å². The predicted molar refractivity (Wildman–Crippen MR) is 116 cm³/mol. The maximum absolute atomic E-state index is 14.2. The summed E-state index contributed by atoms with van der Waals surface area (Å²) in [6, 6.07) is 2.26. The third kappa shape index (κ3) is 4.30. The maximum Gasteiger partial charge on any atom is 0.341 e. The summed E-state index contributed by atoms with van der Waals surface area (Å²) in [7, 11) is 0. The largest absolute Gasteiger partial charge is 0.372 e. The fraction of sp³-hybridized carbons (Fsp3) is 0.455. The van der Waals surface area contributed by atoms with E-state index in [1.54, 1.807) is 16.0 Å². The molecule has 0 bridgehead atoms. The number of aliphatic hydroxyl groups is 1. The Kier molecular flexibility index (Phi) is 6.09. The lowest BCUT2D eigenvalue weighted by Gasteiger charge is -2.37. The zero-order valence-electron chi connectivity index (χ0n) is 18.3. The Morgan fingerprint density at radius 2 is 1.74 bits per heavy atom. The van der Waals surface area contributed by atoms with Gasteiger partial charge in [0, 0.05) is 58.0 Å². The van der Waals surface area contributed by atoms with Gasteiger partial charge >= 0.3 is 6.03 Å². The Balaban J connectivity index is 1.24. The number of hydrogen-bond acceptors (Lipinski definition) is 7. The van der Waals surface area contributed by atoms with Gasteiger partial charge in [-0.15, -0.1) is 0 Å². The molecule has 34 heavy (non-hydrogen) atoms. The average Bonchev–Trinajstić information content (AvgIpc) is 3.27. The van der Waals surface area contributed by atoms with E-state index >= 15 is 0 Å². The first-order chi connectivity index (χ1) is 16.4. The van der Waals surface area contributed by atoms with Crippen LogP contribution in [-0.4, -0.2) is 81.4 Å². The topological polar surface area (TPSA) is 88.4 Å². The van der Waals surface area contributed by atoms with Crippen molar-refractivity contribution in [2.24, 2.45) is 5.10 Å². The van der Waals surface area contributed by atoms with Gasteiger partial charge in [-0.2, -0.15) is 5.10 Å². The van der Waals surface area contributed by atoms with Crippen LogP contribution in [0.3, 0.4) is 0 Å². The molecule has 0 saturated carbocycles. The first-order valence-corrected chi connectivity index (χ1v) is 11.2. The molecule has 0 aliphatic carbocycles. The monoisotopic (exact) mass is 475 g/mol. The molecule has 1 aromatic heterocycles. The molecular formula is C22H24F3N7O2.